The molecule has 0 radical (unpaired) electrons. The molecule has 0 saturated carbocycles. The zero-order valence-corrected chi connectivity index (χ0v) is 17.8. The first-order chi connectivity index (χ1) is 15.2. The van der Waals surface area contributed by atoms with Crippen LogP contribution in [-0.2, 0) is 22.5 Å². The molecule has 1 saturated heterocycles. The average Bonchev–Trinajstić information content (AvgIpc) is 3.34. The molecule has 0 aromatic heterocycles. The highest BCUT2D eigenvalue weighted by molar-refractivity contribution is 5.94. The maximum Gasteiger partial charge on any atom is 0.251 e. The maximum atomic E-state index is 12.5. The van der Waals surface area contributed by atoms with E-state index in [1.165, 1.54) is 11.1 Å². The fraction of sp³-hybridized carbons (Fsp3) is 0.440. The molecule has 2 aromatic rings. The molecular formula is C25H30N2O4. The molecule has 1 N–H and O–H groups in total. The predicted octanol–water partition coefficient (Wildman–Crippen LogP) is 3.34. The van der Waals surface area contributed by atoms with Crippen molar-refractivity contribution in [3.63, 3.8) is 0 Å². The predicted molar refractivity (Wildman–Crippen MR) is 118 cm³/mol. The summed E-state index contributed by atoms with van der Waals surface area (Å²) in [5.41, 5.74) is 3.16. The molecule has 6 heteroatoms. The summed E-state index contributed by atoms with van der Waals surface area (Å²) in [6.07, 6.45) is 4.28. The highest BCUT2D eigenvalue weighted by Gasteiger charge is 2.20. The smallest absolute Gasteiger partial charge is 0.251 e. The second kappa shape index (κ2) is 10.4. The Labute approximate surface area is 183 Å². The highest BCUT2D eigenvalue weighted by Crippen LogP contribution is 2.19. The van der Waals surface area contributed by atoms with E-state index in [0.29, 0.717) is 38.1 Å². The molecule has 2 aliphatic heterocycles. The van der Waals surface area contributed by atoms with Crippen LogP contribution in [0.15, 0.2) is 48.5 Å². The number of nitrogens with one attached hydrogen (secondary N) is 1. The Morgan fingerprint density at radius 2 is 1.90 bits per heavy atom. The van der Waals surface area contributed by atoms with Crippen LogP contribution in [0.3, 0.4) is 0 Å². The Bertz CT molecular complexity index is 891. The average molecular weight is 423 g/mol. The fourth-order valence-electron chi connectivity index (χ4n) is 4.08. The fourth-order valence-corrected chi connectivity index (χ4v) is 4.08. The van der Waals surface area contributed by atoms with Crippen molar-refractivity contribution in [1.29, 1.82) is 0 Å². The van der Waals surface area contributed by atoms with Crippen molar-refractivity contribution < 1.29 is 19.1 Å². The molecule has 2 aromatic carbocycles. The molecule has 2 amide bonds. The number of fused-ring (bicyclic) bond motifs is 1. The minimum absolute atomic E-state index is 0.134. The minimum atomic E-state index is -0.134. The summed E-state index contributed by atoms with van der Waals surface area (Å²) in [7, 11) is 0. The molecular weight excluding hydrogens is 392 g/mol. The summed E-state index contributed by atoms with van der Waals surface area (Å²) in [4.78, 5) is 26.8. The molecule has 1 fully saturated rings. The van der Waals surface area contributed by atoms with Crippen molar-refractivity contribution in [2.45, 2.75) is 44.8 Å². The van der Waals surface area contributed by atoms with Crippen LogP contribution in [0.1, 0.15) is 47.2 Å². The number of nitrogens with zero attached hydrogens (tertiary/aromatic N) is 1. The summed E-state index contributed by atoms with van der Waals surface area (Å²) in [5.74, 6) is 0.752. The quantitative estimate of drug-likeness (QED) is 0.663. The van der Waals surface area contributed by atoms with E-state index in [2.05, 4.69) is 17.4 Å². The highest BCUT2D eigenvalue weighted by atomic mass is 16.5. The maximum absolute atomic E-state index is 12.5. The minimum Gasteiger partial charge on any atom is -0.491 e. The van der Waals surface area contributed by atoms with Crippen LogP contribution in [0.4, 0.5) is 0 Å². The Balaban J connectivity index is 1.15. The summed E-state index contributed by atoms with van der Waals surface area (Å²) >= 11 is 0. The van der Waals surface area contributed by atoms with Crippen molar-refractivity contribution in [3.8, 4) is 5.75 Å². The number of carbonyl (C=O) groups excluding carboxylic acids is 2. The Kier molecular flexibility index (Phi) is 7.20. The van der Waals surface area contributed by atoms with E-state index >= 15 is 0 Å². The third kappa shape index (κ3) is 5.85. The second-order valence-corrected chi connectivity index (χ2v) is 8.16. The summed E-state index contributed by atoms with van der Waals surface area (Å²) in [6, 6.07) is 15.4. The van der Waals surface area contributed by atoms with E-state index in [1.807, 2.05) is 29.2 Å². The van der Waals surface area contributed by atoms with Crippen molar-refractivity contribution >= 4 is 11.8 Å². The van der Waals surface area contributed by atoms with E-state index in [-0.39, 0.29) is 17.9 Å². The van der Waals surface area contributed by atoms with Gasteiger partial charge in [0.2, 0.25) is 5.91 Å². The van der Waals surface area contributed by atoms with Crippen LogP contribution in [-0.4, -0.2) is 49.1 Å². The molecule has 0 spiro atoms. The van der Waals surface area contributed by atoms with E-state index in [0.717, 1.165) is 38.2 Å². The van der Waals surface area contributed by atoms with Gasteiger partial charge in [-0.1, -0.05) is 24.3 Å². The van der Waals surface area contributed by atoms with Crippen LogP contribution >= 0.6 is 0 Å². The summed E-state index contributed by atoms with van der Waals surface area (Å²) in [5, 5.41) is 2.90. The van der Waals surface area contributed by atoms with Gasteiger partial charge in [0.25, 0.3) is 5.91 Å². The largest absolute Gasteiger partial charge is 0.491 e. The number of carbonyl (C=O) groups is 2. The van der Waals surface area contributed by atoms with Gasteiger partial charge in [0, 0.05) is 38.2 Å². The molecule has 1 atom stereocenters. The molecule has 4 rings (SSSR count). The topological polar surface area (TPSA) is 67.9 Å². The van der Waals surface area contributed by atoms with Crippen LogP contribution in [0, 0.1) is 0 Å². The normalized spacial score (nSPS) is 17.8. The standard InChI is InChI=1S/C25H30N2O4/c28-24(27-15-13-19-5-1-2-6-21(19)17-27)8-3-14-26-25(29)20-9-11-22(12-10-20)31-18-23-7-4-16-30-23/h1-2,5-6,9-12,23H,3-4,7-8,13-18H2,(H,26,29). The first kappa shape index (κ1) is 21.4. The first-order valence-corrected chi connectivity index (χ1v) is 11.2. The van der Waals surface area contributed by atoms with Crippen molar-refractivity contribution in [2.75, 3.05) is 26.3 Å². The lowest BCUT2D eigenvalue weighted by molar-refractivity contribution is -0.132. The van der Waals surface area contributed by atoms with Gasteiger partial charge in [0.1, 0.15) is 12.4 Å². The van der Waals surface area contributed by atoms with Gasteiger partial charge >= 0.3 is 0 Å². The number of benzene rings is 2. The van der Waals surface area contributed by atoms with E-state index < -0.39 is 0 Å². The van der Waals surface area contributed by atoms with Gasteiger partial charge in [0.05, 0.1) is 6.10 Å². The number of hydrogen-bond donors (Lipinski definition) is 1. The van der Waals surface area contributed by atoms with Crippen LogP contribution in [0.25, 0.3) is 0 Å². The van der Waals surface area contributed by atoms with Crippen molar-refractivity contribution in [2.24, 2.45) is 0 Å². The SMILES string of the molecule is O=C(NCCCC(=O)N1CCc2ccccc2C1)c1ccc(OCC2CCCO2)cc1. The Morgan fingerprint density at radius 1 is 1.10 bits per heavy atom. The van der Waals surface area contributed by atoms with Gasteiger partial charge in [0.15, 0.2) is 0 Å². The van der Waals surface area contributed by atoms with E-state index in [1.54, 1.807) is 12.1 Å². The molecule has 2 aliphatic rings. The first-order valence-electron chi connectivity index (χ1n) is 11.2. The molecule has 0 bridgehead atoms. The third-order valence-electron chi connectivity index (χ3n) is 5.91. The number of ether oxygens (including phenoxy) is 2. The molecule has 164 valence electrons. The van der Waals surface area contributed by atoms with Crippen molar-refractivity contribution in [3.05, 3.63) is 65.2 Å². The zero-order chi connectivity index (χ0) is 21.5. The van der Waals surface area contributed by atoms with Gasteiger partial charge in [-0.15, -0.1) is 0 Å². The van der Waals surface area contributed by atoms with Gasteiger partial charge < -0.3 is 19.7 Å². The Morgan fingerprint density at radius 3 is 2.68 bits per heavy atom. The van der Waals surface area contributed by atoms with Crippen LogP contribution in [0.2, 0.25) is 0 Å². The number of amides is 2. The molecule has 6 nitrogen and oxygen atoms in total. The lowest BCUT2D eigenvalue weighted by Gasteiger charge is -2.29. The molecule has 2 heterocycles. The number of hydrogen-bond acceptors (Lipinski definition) is 4. The summed E-state index contributed by atoms with van der Waals surface area (Å²) in [6.45, 7) is 3.28. The van der Waals surface area contributed by atoms with Crippen molar-refractivity contribution in [1.82, 2.24) is 10.2 Å². The third-order valence-corrected chi connectivity index (χ3v) is 5.91. The van der Waals surface area contributed by atoms with Gasteiger partial charge in [-0.2, -0.15) is 0 Å². The summed E-state index contributed by atoms with van der Waals surface area (Å²) < 4.78 is 11.3. The lowest BCUT2D eigenvalue weighted by atomic mass is 9.99. The second-order valence-electron chi connectivity index (χ2n) is 8.16. The Hall–Kier alpha value is -2.86. The molecule has 1 unspecified atom stereocenters. The van der Waals surface area contributed by atoms with Gasteiger partial charge in [-0.05, 0) is 61.1 Å². The monoisotopic (exact) mass is 422 g/mol. The van der Waals surface area contributed by atoms with E-state index in [9.17, 15) is 9.59 Å². The van der Waals surface area contributed by atoms with E-state index in [4.69, 9.17) is 9.47 Å². The molecule has 0 aliphatic carbocycles. The van der Waals surface area contributed by atoms with Crippen LogP contribution < -0.4 is 10.1 Å². The lowest BCUT2D eigenvalue weighted by Crippen LogP contribution is -2.36. The van der Waals surface area contributed by atoms with Gasteiger partial charge in [-0.25, -0.2) is 0 Å². The zero-order valence-electron chi connectivity index (χ0n) is 17.8. The van der Waals surface area contributed by atoms with Crippen LogP contribution in [0.5, 0.6) is 5.75 Å². The van der Waals surface area contributed by atoms with Gasteiger partial charge in [-0.3, -0.25) is 9.59 Å². The molecule has 31 heavy (non-hydrogen) atoms. The number of rotatable bonds is 8.